The first-order valence-corrected chi connectivity index (χ1v) is 12.9. The Morgan fingerprint density at radius 3 is 1.49 bits per heavy atom. The standard InChI is InChI=1S/C13H20O7.C12H18O7/c1-11(2)16-6-7-8(18-11)9-13(17-7,10(14)15-5)20-12(3,4)19-9;1-10(2)15-5-6-7(17-10)8-12(16-6,9(13)14)19-11(3,4)18-8/h7-9H,6H2,1-5H3;6-8H,5H2,1-4H3,(H,13,14)/t7-,8+,9-,13+;6-,7+,8-,12+/m00/s1. The second-order valence-corrected chi connectivity index (χ2v) is 12.1. The van der Waals surface area contributed by atoms with Crippen LogP contribution in [0.15, 0.2) is 0 Å². The van der Waals surface area contributed by atoms with Crippen molar-refractivity contribution in [3.8, 4) is 0 Å². The number of esters is 1. The van der Waals surface area contributed by atoms with Crippen molar-refractivity contribution >= 4 is 11.9 Å². The maximum absolute atomic E-state index is 12.2. The molecule has 0 aromatic rings. The molecule has 6 heterocycles. The first kappa shape index (κ1) is 29.0. The van der Waals surface area contributed by atoms with Crippen LogP contribution in [0, 0.1) is 0 Å². The highest BCUT2D eigenvalue weighted by Gasteiger charge is 2.73. The first-order valence-electron chi connectivity index (χ1n) is 12.9. The maximum atomic E-state index is 12.2. The Labute approximate surface area is 226 Å². The number of fused-ring (bicyclic) bond motifs is 6. The van der Waals surface area contributed by atoms with Crippen LogP contribution in [0.1, 0.15) is 55.4 Å². The van der Waals surface area contributed by atoms with Gasteiger partial charge >= 0.3 is 23.5 Å². The highest BCUT2D eigenvalue weighted by molar-refractivity contribution is 5.80. The number of carbonyl (C=O) groups excluding carboxylic acids is 1. The van der Waals surface area contributed by atoms with Crippen LogP contribution in [0.3, 0.4) is 0 Å². The zero-order valence-electron chi connectivity index (χ0n) is 23.6. The number of hydrogen-bond donors (Lipinski definition) is 1. The molecule has 0 unspecified atom stereocenters. The fourth-order valence-electron chi connectivity index (χ4n) is 5.77. The number of aliphatic carboxylic acids is 1. The van der Waals surface area contributed by atoms with E-state index in [1.54, 1.807) is 41.5 Å². The van der Waals surface area contributed by atoms with Gasteiger partial charge in [0.05, 0.1) is 20.3 Å². The zero-order chi connectivity index (χ0) is 28.8. The minimum atomic E-state index is -1.82. The van der Waals surface area contributed by atoms with Crippen LogP contribution in [0.5, 0.6) is 0 Å². The molecule has 0 spiro atoms. The molecule has 0 saturated carbocycles. The monoisotopic (exact) mass is 562 g/mol. The molecule has 222 valence electrons. The van der Waals surface area contributed by atoms with E-state index in [4.69, 9.17) is 52.1 Å². The normalized spacial score (nSPS) is 45.7. The average Bonchev–Trinajstić information content (AvgIpc) is 3.44. The van der Waals surface area contributed by atoms with Gasteiger partial charge in [0, 0.05) is 0 Å². The number of carboxylic acid groups (broad SMARTS) is 1. The molecule has 6 aliphatic rings. The van der Waals surface area contributed by atoms with Gasteiger partial charge in [-0.05, 0) is 55.4 Å². The predicted octanol–water partition coefficient (Wildman–Crippen LogP) is 1.03. The van der Waals surface area contributed by atoms with E-state index in [0.717, 1.165) is 0 Å². The van der Waals surface area contributed by atoms with Crippen LogP contribution in [0.2, 0.25) is 0 Å². The number of carboxylic acids is 1. The van der Waals surface area contributed by atoms with Gasteiger partial charge in [-0.25, -0.2) is 9.59 Å². The summed E-state index contributed by atoms with van der Waals surface area (Å²) < 4.78 is 61.6. The molecule has 14 heteroatoms. The zero-order valence-corrected chi connectivity index (χ0v) is 23.6. The number of hydrogen-bond acceptors (Lipinski definition) is 13. The maximum Gasteiger partial charge on any atom is 0.369 e. The second kappa shape index (κ2) is 9.02. The van der Waals surface area contributed by atoms with Crippen molar-refractivity contribution in [1.29, 1.82) is 0 Å². The quantitative estimate of drug-likeness (QED) is 0.476. The number of methoxy groups -OCH3 is 1. The second-order valence-electron chi connectivity index (χ2n) is 12.1. The predicted molar refractivity (Wildman–Crippen MR) is 125 cm³/mol. The lowest BCUT2D eigenvalue weighted by Gasteiger charge is -2.38. The fraction of sp³-hybridized carbons (Fsp3) is 0.920. The van der Waals surface area contributed by atoms with Gasteiger partial charge in [-0.1, -0.05) is 0 Å². The van der Waals surface area contributed by atoms with E-state index in [1.807, 2.05) is 13.8 Å². The Morgan fingerprint density at radius 1 is 0.641 bits per heavy atom. The third-order valence-corrected chi connectivity index (χ3v) is 7.15. The highest BCUT2D eigenvalue weighted by atomic mass is 16.9. The summed E-state index contributed by atoms with van der Waals surface area (Å²) in [7, 11) is 1.29. The van der Waals surface area contributed by atoms with Crippen LogP contribution in [0.25, 0.3) is 0 Å². The van der Waals surface area contributed by atoms with E-state index in [1.165, 1.54) is 7.11 Å². The summed E-state index contributed by atoms with van der Waals surface area (Å²) in [5.41, 5.74) is 0. The SMILES string of the molecule is CC1(C)OC[C@@H]2O[C@@]3(C(=O)O)OC(C)(C)O[C@H]3[C@@H]2O1.COC(=O)[C@@]12O[C@H]3COC(C)(C)O[C@H]3[C@@H]1OC(C)(C)O2. The van der Waals surface area contributed by atoms with Crippen molar-refractivity contribution in [3.63, 3.8) is 0 Å². The fourth-order valence-corrected chi connectivity index (χ4v) is 5.77. The van der Waals surface area contributed by atoms with E-state index in [-0.39, 0.29) is 6.61 Å². The lowest BCUT2D eigenvalue weighted by atomic mass is 10.0. The Morgan fingerprint density at radius 2 is 1.05 bits per heavy atom. The summed E-state index contributed by atoms with van der Waals surface area (Å²) >= 11 is 0. The van der Waals surface area contributed by atoms with Crippen molar-refractivity contribution in [2.24, 2.45) is 0 Å². The Bertz CT molecular complexity index is 1010. The van der Waals surface area contributed by atoms with Crippen LogP contribution < -0.4 is 0 Å². The number of rotatable bonds is 2. The lowest BCUT2D eigenvalue weighted by Crippen LogP contribution is -2.52. The highest BCUT2D eigenvalue weighted by Crippen LogP contribution is 2.50. The molecule has 6 saturated heterocycles. The minimum absolute atomic E-state index is 0.246. The minimum Gasteiger partial charge on any atom is -0.477 e. The van der Waals surface area contributed by atoms with Crippen LogP contribution >= 0.6 is 0 Å². The van der Waals surface area contributed by atoms with Crippen molar-refractivity contribution in [2.45, 2.75) is 127 Å². The van der Waals surface area contributed by atoms with Crippen LogP contribution in [-0.2, 0) is 61.7 Å². The van der Waals surface area contributed by atoms with E-state index in [9.17, 15) is 14.7 Å². The molecule has 0 aromatic carbocycles. The van der Waals surface area contributed by atoms with Gasteiger partial charge < -0.3 is 57.2 Å². The first-order chi connectivity index (χ1) is 17.8. The Kier molecular flexibility index (Phi) is 6.72. The summed E-state index contributed by atoms with van der Waals surface area (Å²) in [6.07, 6.45) is -3.40. The summed E-state index contributed by atoms with van der Waals surface area (Å²) in [5, 5.41) is 9.46. The molecule has 6 rings (SSSR count). The molecule has 39 heavy (non-hydrogen) atoms. The Balaban J connectivity index is 0.000000158. The van der Waals surface area contributed by atoms with E-state index >= 15 is 0 Å². The van der Waals surface area contributed by atoms with Gasteiger partial charge in [0.25, 0.3) is 0 Å². The third kappa shape index (κ3) is 4.88. The van der Waals surface area contributed by atoms with Crippen LogP contribution in [0.4, 0.5) is 0 Å². The van der Waals surface area contributed by atoms with Crippen molar-refractivity contribution < 1.29 is 66.8 Å². The van der Waals surface area contributed by atoms with Gasteiger partial charge in [0.15, 0.2) is 35.4 Å². The summed E-state index contributed by atoms with van der Waals surface area (Å²) in [5.74, 6) is -8.76. The van der Waals surface area contributed by atoms with Crippen molar-refractivity contribution in [1.82, 2.24) is 0 Å². The van der Waals surface area contributed by atoms with Crippen LogP contribution in [-0.4, -0.2) is 109 Å². The third-order valence-electron chi connectivity index (χ3n) is 7.15. The summed E-state index contributed by atoms with van der Waals surface area (Å²) in [4.78, 5) is 23.7. The molecule has 8 atom stereocenters. The molecule has 14 nitrogen and oxygen atoms in total. The molecule has 0 amide bonds. The van der Waals surface area contributed by atoms with Crippen molar-refractivity contribution in [3.05, 3.63) is 0 Å². The van der Waals surface area contributed by atoms with Gasteiger partial charge in [-0.3, -0.25) is 0 Å². The topological polar surface area (TPSA) is 156 Å². The molecule has 1 N–H and O–H groups in total. The molecule has 6 aliphatic heterocycles. The number of carbonyl (C=O) groups is 2. The van der Waals surface area contributed by atoms with E-state index < -0.39 is 83.3 Å². The summed E-state index contributed by atoms with van der Waals surface area (Å²) in [6.45, 7) is 14.5. The van der Waals surface area contributed by atoms with Gasteiger partial charge in [-0.15, -0.1) is 0 Å². The summed E-state index contributed by atoms with van der Waals surface area (Å²) in [6, 6.07) is 0. The van der Waals surface area contributed by atoms with Gasteiger partial charge in [0.2, 0.25) is 0 Å². The molecule has 6 fully saturated rings. The largest absolute Gasteiger partial charge is 0.477 e. The van der Waals surface area contributed by atoms with Gasteiger partial charge in [0.1, 0.15) is 24.4 Å². The molecular formula is C25H38O14. The smallest absolute Gasteiger partial charge is 0.369 e. The van der Waals surface area contributed by atoms with Crippen molar-refractivity contribution in [2.75, 3.05) is 20.3 Å². The molecule has 0 radical (unpaired) electrons. The molecule has 0 aromatic heterocycles. The van der Waals surface area contributed by atoms with E-state index in [2.05, 4.69) is 0 Å². The Hall–Kier alpha value is -1.46. The van der Waals surface area contributed by atoms with Gasteiger partial charge in [-0.2, -0.15) is 0 Å². The molecule has 0 aliphatic carbocycles. The molecular weight excluding hydrogens is 524 g/mol. The molecule has 0 bridgehead atoms. The average molecular weight is 563 g/mol. The van der Waals surface area contributed by atoms with E-state index in [0.29, 0.717) is 6.61 Å². The number of ether oxygens (including phenoxy) is 11. The lowest BCUT2D eigenvalue weighted by molar-refractivity contribution is -0.326.